The van der Waals surface area contributed by atoms with Crippen LogP contribution < -0.4 is 4.74 Å². The minimum atomic E-state index is 0.792. The highest BCUT2D eigenvalue weighted by Crippen LogP contribution is 2.24. The monoisotopic (exact) mass is 218 g/mol. The van der Waals surface area contributed by atoms with Crippen LogP contribution in [-0.2, 0) is 6.42 Å². The Morgan fingerprint density at radius 3 is 2.81 bits per heavy atom. The van der Waals surface area contributed by atoms with E-state index in [-0.39, 0.29) is 0 Å². The number of fused-ring (bicyclic) bond motifs is 1. The first-order chi connectivity index (χ1) is 7.83. The van der Waals surface area contributed by atoms with Crippen LogP contribution >= 0.6 is 0 Å². The number of unbranched alkanes of at least 4 members (excludes halogenated alkanes) is 1. The molecule has 2 heteroatoms. The van der Waals surface area contributed by atoms with E-state index in [1.54, 1.807) is 0 Å². The van der Waals surface area contributed by atoms with Crippen molar-refractivity contribution < 1.29 is 9.15 Å². The van der Waals surface area contributed by atoms with Gasteiger partial charge in [-0.15, -0.1) is 0 Å². The van der Waals surface area contributed by atoms with Gasteiger partial charge >= 0.3 is 0 Å². The van der Waals surface area contributed by atoms with Crippen LogP contribution in [0, 0.1) is 0 Å². The van der Waals surface area contributed by atoms with Gasteiger partial charge in [0.25, 0.3) is 0 Å². The Kier molecular flexibility index (Phi) is 3.50. The van der Waals surface area contributed by atoms with E-state index in [0.29, 0.717) is 0 Å². The summed E-state index contributed by atoms with van der Waals surface area (Å²) in [4.78, 5) is 0. The van der Waals surface area contributed by atoms with Crippen molar-refractivity contribution in [2.75, 3.05) is 6.61 Å². The molecule has 0 radical (unpaired) electrons. The Balaban J connectivity index is 2.15. The summed E-state index contributed by atoms with van der Waals surface area (Å²) < 4.78 is 11.3. The molecule has 0 saturated carbocycles. The Labute approximate surface area is 96.2 Å². The van der Waals surface area contributed by atoms with E-state index < -0.39 is 0 Å². The zero-order valence-electron chi connectivity index (χ0n) is 9.95. The second-order valence-corrected chi connectivity index (χ2v) is 3.97. The van der Waals surface area contributed by atoms with Crippen LogP contribution in [0.1, 0.15) is 32.4 Å². The molecule has 0 aliphatic rings. The summed E-state index contributed by atoms with van der Waals surface area (Å²) in [5, 5.41) is 1.13. The van der Waals surface area contributed by atoms with Crippen molar-refractivity contribution in [1.82, 2.24) is 0 Å². The smallest absolute Gasteiger partial charge is 0.134 e. The molecule has 0 aliphatic heterocycles. The highest BCUT2D eigenvalue weighted by molar-refractivity contribution is 5.79. The average Bonchev–Trinajstić information content (AvgIpc) is 2.71. The van der Waals surface area contributed by atoms with Gasteiger partial charge in [0.15, 0.2) is 0 Å². The van der Waals surface area contributed by atoms with Crippen molar-refractivity contribution in [1.29, 1.82) is 0 Å². The predicted molar refractivity (Wildman–Crippen MR) is 66.0 cm³/mol. The molecule has 0 bridgehead atoms. The first-order valence-corrected chi connectivity index (χ1v) is 5.98. The van der Waals surface area contributed by atoms with Crippen molar-refractivity contribution in [3.63, 3.8) is 0 Å². The molecule has 0 aliphatic carbocycles. The summed E-state index contributed by atoms with van der Waals surface area (Å²) in [6.45, 7) is 5.05. The van der Waals surface area contributed by atoms with Gasteiger partial charge in [-0.1, -0.05) is 20.3 Å². The third-order valence-electron chi connectivity index (χ3n) is 2.65. The zero-order chi connectivity index (χ0) is 11.4. The maximum Gasteiger partial charge on any atom is 0.134 e. The summed E-state index contributed by atoms with van der Waals surface area (Å²) in [6.07, 6.45) is 3.19. The third kappa shape index (κ3) is 2.38. The van der Waals surface area contributed by atoms with Gasteiger partial charge in [-0.3, -0.25) is 0 Å². The molecule has 0 atom stereocenters. The molecule has 2 aromatic rings. The van der Waals surface area contributed by atoms with Gasteiger partial charge in [0.1, 0.15) is 17.1 Å². The second-order valence-electron chi connectivity index (χ2n) is 3.97. The fraction of sp³-hybridized carbons (Fsp3) is 0.429. The van der Waals surface area contributed by atoms with Crippen LogP contribution in [0.2, 0.25) is 0 Å². The predicted octanol–water partition coefficient (Wildman–Crippen LogP) is 4.17. The topological polar surface area (TPSA) is 22.4 Å². The minimum absolute atomic E-state index is 0.792. The molecule has 0 N–H and O–H groups in total. The third-order valence-corrected chi connectivity index (χ3v) is 2.65. The molecule has 2 nitrogen and oxygen atoms in total. The molecule has 16 heavy (non-hydrogen) atoms. The van der Waals surface area contributed by atoms with Gasteiger partial charge in [-0.25, -0.2) is 0 Å². The van der Waals surface area contributed by atoms with Crippen LogP contribution in [0.3, 0.4) is 0 Å². The summed E-state index contributed by atoms with van der Waals surface area (Å²) in [5.74, 6) is 1.96. The average molecular weight is 218 g/mol. The highest BCUT2D eigenvalue weighted by atomic mass is 16.5. The van der Waals surface area contributed by atoms with Gasteiger partial charge in [0.05, 0.1) is 6.61 Å². The number of hydrogen-bond donors (Lipinski definition) is 0. The number of ether oxygens (including phenoxy) is 1. The Hall–Kier alpha value is -1.44. The number of hydrogen-bond acceptors (Lipinski definition) is 2. The quantitative estimate of drug-likeness (QED) is 0.702. The largest absolute Gasteiger partial charge is 0.494 e. The van der Waals surface area contributed by atoms with E-state index in [2.05, 4.69) is 19.9 Å². The Bertz CT molecular complexity index is 457. The van der Waals surface area contributed by atoms with Crippen LogP contribution in [0.4, 0.5) is 0 Å². The molecule has 0 amide bonds. The van der Waals surface area contributed by atoms with Crippen LogP contribution in [-0.4, -0.2) is 6.61 Å². The number of benzene rings is 1. The molecule has 1 aromatic carbocycles. The van der Waals surface area contributed by atoms with Gasteiger partial charge in [-0.05, 0) is 30.7 Å². The highest BCUT2D eigenvalue weighted by Gasteiger charge is 2.03. The first kappa shape index (κ1) is 11.1. The lowest BCUT2D eigenvalue weighted by atomic mass is 10.2. The van der Waals surface area contributed by atoms with Crippen LogP contribution in [0.5, 0.6) is 5.75 Å². The minimum Gasteiger partial charge on any atom is -0.494 e. The molecular formula is C14H18O2. The lowest BCUT2D eigenvalue weighted by Gasteiger charge is -2.04. The molecule has 0 unspecified atom stereocenters. The summed E-state index contributed by atoms with van der Waals surface area (Å²) >= 11 is 0. The zero-order valence-corrected chi connectivity index (χ0v) is 9.95. The SMILES string of the molecule is CCCCOc1ccc2oc(CC)cc2c1. The molecule has 0 spiro atoms. The molecule has 0 saturated heterocycles. The number of aryl methyl sites for hydroxylation is 1. The Morgan fingerprint density at radius 2 is 2.06 bits per heavy atom. The van der Waals surface area contributed by atoms with Crippen LogP contribution in [0.15, 0.2) is 28.7 Å². The standard InChI is InChI=1S/C14H18O2/c1-3-5-8-15-13-6-7-14-11(10-13)9-12(4-2)16-14/h6-7,9-10H,3-5,8H2,1-2H3. The summed E-state index contributed by atoms with van der Waals surface area (Å²) in [5.41, 5.74) is 0.944. The van der Waals surface area contributed by atoms with E-state index >= 15 is 0 Å². The number of rotatable bonds is 5. The van der Waals surface area contributed by atoms with Crippen molar-refractivity contribution in [3.8, 4) is 5.75 Å². The number of furan rings is 1. The van der Waals surface area contributed by atoms with Gasteiger partial charge in [0, 0.05) is 11.8 Å². The normalized spacial score (nSPS) is 10.9. The van der Waals surface area contributed by atoms with E-state index in [1.165, 1.54) is 0 Å². The molecular weight excluding hydrogens is 200 g/mol. The molecule has 2 rings (SSSR count). The van der Waals surface area contributed by atoms with Crippen LogP contribution in [0.25, 0.3) is 11.0 Å². The van der Waals surface area contributed by atoms with Crippen molar-refractivity contribution in [2.45, 2.75) is 33.1 Å². The van der Waals surface area contributed by atoms with Gasteiger partial charge < -0.3 is 9.15 Å². The van der Waals surface area contributed by atoms with Crippen molar-refractivity contribution in [2.24, 2.45) is 0 Å². The molecule has 0 fully saturated rings. The maximum absolute atomic E-state index is 5.66. The lowest BCUT2D eigenvalue weighted by molar-refractivity contribution is 0.309. The van der Waals surface area contributed by atoms with Crippen molar-refractivity contribution in [3.05, 3.63) is 30.0 Å². The van der Waals surface area contributed by atoms with Gasteiger partial charge in [0.2, 0.25) is 0 Å². The fourth-order valence-electron chi connectivity index (χ4n) is 1.67. The van der Waals surface area contributed by atoms with Gasteiger partial charge in [-0.2, -0.15) is 0 Å². The summed E-state index contributed by atoms with van der Waals surface area (Å²) in [7, 11) is 0. The molecule has 1 heterocycles. The fourth-order valence-corrected chi connectivity index (χ4v) is 1.67. The van der Waals surface area contributed by atoms with Crippen molar-refractivity contribution >= 4 is 11.0 Å². The van der Waals surface area contributed by atoms with E-state index in [4.69, 9.17) is 9.15 Å². The van der Waals surface area contributed by atoms with E-state index in [9.17, 15) is 0 Å². The second kappa shape index (κ2) is 5.06. The van der Waals surface area contributed by atoms with E-state index in [1.807, 2.05) is 18.2 Å². The molecule has 1 aromatic heterocycles. The first-order valence-electron chi connectivity index (χ1n) is 5.98. The van der Waals surface area contributed by atoms with E-state index in [0.717, 1.165) is 48.3 Å². The molecule has 86 valence electrons. The Morgan fingerprint density at radius 1 is 1.19 bits per heavy atom. The maximum atomic E-state index is 5.66. The summed E-state index contributed by atoms with van der Waals surface area (Å²) in [6, 6.07) is 8.09. The lowest BCUT2D eigenvalue weighted by Crippen LogP contribution is -1.95.